The molecule has 1 saturated carbocycles. The molecule has 0 aliphatic heterocycles. The Morgan fingerprint density at radius 2 is 2.00 bits per heavy atom. The molecular formula is C16H17N3O3. The van der Waals surface area contributed by atoms with Crippen molar-refractivity contribution in [3.05, 3.63) is 48.3 Å². The summed E-state index contributed by atoms with van der Waals surface area (Å²) in [6.07, 6.45) is 4.79. The molecule has 1 aromatic heterocycles. The van der Waals surface area contributed by atoms with Crippen LogP contribution < -0.4 is 5.32 Å². The number of carboxylic acid groups (broad SMARTS) is 1. The first-order valence-electron chi connectivity index (χ1n) is 7.23. The van der Waals surface area contributed by atoms with E-state index in [1.54, 1.807) is 10.9 Å². The lowest BCUT2D eigenvalue weighted by Crippen LogP contribution is -2.47. The molecule has 0 spiro atoms. The van der Waals surface area contributed by atoms with Crippen molar-refractivity contribution < 1.29 is 14.7 Å². The Kier molecular flexibility index (Phi) is 3.91. The van der Waals surface area contributed by atoms with Gasteiger partial charge in [-0.25, -0.2) is 4.68 Å². The summed E-state index contributed by atoms with van der Waals surface area (Å²) in [5, 5.41) is 15.9. The van der Waals surface area contributed by atoms with Crippen molar-refractivity contribution in [2.75, 3.05) is 0 Å². The van der Waals surface area contributed by atoms with Gasteiger partial charge in [0.1, 0.15) is 0 Å². The van der Waals surface area contributed by atoms with E-state index in [9.17, 15) is 9.59 Å². The summed E-state index contributed by atoms with van der Waals surface area (Å²) in [4.78, 5) is 22.7. The SMILES string of the molecule is O=C(Cc1cnn(-c2ccccc2)c1)NC1CC(C(=O)O)C1. The quantitative estimate of drug-likeness (QED) is 0.874. The largest absolute Gasteiger partial charge is 0.481 e. The molecule has 0 bridgehead atoms. The van der Waals surface area contributed by atoms with E-state index >= 15 is 0 Å². The number of carboxylic acids is 1. The topological polar surface area (TPSA) is 84.2 Å². The Bertz CT molecular complexity index is 675. The standard InChI is InChI=1S/C16H17N3O3/c20-15(18-13-7-12(8-13)16(21)22)6-11-9-17-19(10-11)14-4-2-1-3-5-14/h1-5,9-10,12-13H,6-8H2,(H,18,20)(H,21,22). The number of benzene rings is 1. The zero-order valence-electron chi connectivity index (χ0n) is 12.0. The summed E-state index contributed by atoms with van der Waals surface area (Å²) < 4.78 is 1.73. The van der Waals surface area contributed by atoms with Gasteiger partial charge in [-0.15, -0.1) is 0 Å². The Hall–Kier alpha value is -2.63. The highest BCUT2D eigenvalue weighted by atomic mass is 16.4. The fourth-order valence-electron chi connectivity index (χ4n) is 2.57. The second kappa shape index (κ2) is 6.01. The second-order valence-electron chi connectivity index (χ2n) is 5.58. The molecule has 1 fully saturated rings. The van der Waals surface area contributed by atoms with Gasteiger partial charge in [-0.05, 0) is 30.5 Å². The summed E-state index contributed by atoms with van der Waals surface area (Å²) in [5.74, 6) is -1.19. The third kappa shape index (κ3) is 3.16. The Morgan fingerprint density at radius 1 is 1.27 bits per heavy atom. The van der Waals surface area contributed by atoms with Crippen molar-refractivity contribution in [1.29, 1.82) is 0 Å². The van der Waals surface area contributed by atoms with E-state index in [-0.39, 0.29) is 24.3 Å². The molecule has 2 aromatic rings. The molecule has 0 unspecified atom stereocenters. The molecule has 1 aromatic carbocycles. The summed E-state index contributed by atoms with van der Waals surface area (Å²) in [6, 6.07) is 9.66. The number of carbonyl (C=O) groups excluding carboxylic acids is 1. The van der Waals surface area contributed by atoms with Crippen LogP contribution in [0.25, 0.3) is 5.69 Å². The van der Waals surface area contributed by atoms with Gasteiger partial charge in [-0.3, -0.25) is 9.59 Å². The van der Waals surface area contributed by atoms with Crippen molar-refractivity contribution in [3.8, 4) is 5.69 Å². The number of nitrogens with one attached hydrogen (secondary N) is 1. The van der Waals surface area contributed by atoms with Crippen molar-refractivity contribution in [3.63, 3.8) is 0 Å². The normalized spacial score (nSPS) is 20.2. The molecule has 114 valence electrons. The summed E-state index contributed by atoms with van der Waals surface area (Å²) in [7, 11) is 0. The van der Waals surface area contributed by atoms with E-state index in [4.69, 9.17) is 5.11 Å². The maximum absolute atomic E-state index is 11.9. The predicted molar refractivity (Wildman–Crippen MR) is 79.6 cm³/mol. The first-order chi connectivity index (χ1) is 10.6. The third-order valence-corrected chi connectivity index (χ3v) is 3.87. The lowest BCUT2D eigenvalue weighted by molar-refractivity contribution is -0.146. The highest BCUT2D eigenvalue weighted by Gasteiger charge is 2.35. The van der Waals surface area contributed by atoms with Gasteiger partial charge in [0.2, 0.25) is 5.91 Å². The molecule has 22 heavy (non-hydrogen) atoms. The zero-order chi connectivity index (χ0) is 15.5. The van der Waals surface area contributed by atoms with Crippen molar-refractivity contribution in [1.82, 2.24) is 15.1 Å². The number of hydrogen-bond donors (Lipinski definition) is 2. The number of amides is 1. The first kappa shape index (κ1) is 14.3. The van der Waals surface area contributed by atoms with E-state index in [1.807, 2.05) is 36.5 Å². The molecule has 6 nitrogen and oxygen atoms in total. The molecule has 0 radical (unpaired) electrons. The summed E-state index contributed by atoms with van der Waals surface area (Å²) >= 11 is 0. The number of para-hydroxylation sites is 1. The Morgan fingerprint density at radius 3 is 2.68 bits per heavy atom. The molecule has 0 saturated heterocycles. The predicted octanol–water partition coefficient (Wildman–Crippen LogP) is 1.39. The van der Waals surface area contributed by atoms with E-state index in [0.717, 1.165) is 11.3 Å². The fraction of sp³-hybridized carbons (Fsp3) is 0.312. The van der Waals surface area contributed by atoms with Crippen LogP contribution in [-0.2, 0) is 16.0 Å². The van der Waals surface area contributed by atoms with E-state index in [2.05, 4.69) is 10.4 Å². The van der Waals surface area contributed by atoms with Gasteiger partial charge in [0.05, 0.1) is 24.2 Å². The van der Waals surface area contributed by atoms with Gasteiger partial charge in [-0.2, -0.15) is 5.10 Å². The number of hydrogen-bond acceptors (Lipinski definition) is 3. The van der Waals surface area contributed by atoms with Crippen LogP contribution in [0.3, 0.4) is 0 Å². The zero-order valence-corrected chi connectivity index (χ0v) is 12.0. The maximum Gasteiger partial charge on any atom is 0.306 e. The molecule has 0 atom stereocenters. The molecule has 1 amide bonds. The highest BCUT2D eigenvalue weighted by Crippen LogP contribution is 2.27. The van der Waals surface area contributed by atoms with E-state index < -0.39 is 5.97 Å². The molecule has 1 aliphatic rings. The molecule has 2 N–H and O–H groups in total. The lowest BCUT2D eigenvalue weighted by Gasteiger charge is -2.32. The smallest absolute Gasteiger partial charge is 0.306 e. The first-order valence-corrected chi connectivity index (χ1v) is 7.23. The van der Waals surface area contributed by atoms with Gasteiger partial charge >= 0.3 is 5.97 Å². The second-order valence-corrected chi connectivity index (χ2v) is 5.58. The Labute approximate surface area is 127 Å². The van der Waals surface area contributed by atoms with Crippen LogP contribution in [-0.4, -0.2) is 32.8 Å². The third-order valence-electron chi connectivity index (χ3n) is 3.87. The van der Waals surface area contributed by atoms with E-state index in [0.29, 0.717) is 12.8 Å². The number of nitrogens with zero attached hydrogens (tertiary/aromatic N) is 2. The molecule has 6 heteroatoms. The minimum Gasteiger partial charge on any atom is -0.481 e. The average Bonchev–Trinajstić information content (AvgIpc) is 2.91. The molecule has 3 rings (SSSR count). The van der Waals surface area contributed by atoms with Crippen molar-refractivity contribution in [2.24, 2.45) is 5.92 Å². The van der Waals surface area contributed by atoms with Crippen LogP contribution in [0, 0.1) is 5.92 Å². The van der Waals surface area contributed by atoms with Crippen LogP contribution in [0.2, 0.25) is 0 Å². The minimum atomic E-state index is -0.783. The van der Waals surface area contributed by atoms with E-state index in [1.165, 1.54) is 0 Å². The van der Waals surface area contributed by atoms with Crippen LogP contribution in [0.5, 0.6) is 0 Å². The number of aromatic nitrogens is 2. The fourth-order valence-corrected chi connectivity index (χ4v) is 2.57. The Balaban J connectivity index is 1.53. The minimum absolute atomic E-state index is 0.0160. The van der Waals surface area contributed by atoms with Crippen LogP contribution in [0.15, 0.2) is 42.7 Å². The van der Waals surface area contributed by atoms with Gasteiger partial charge in [0, 0.05) is 12.2 Å². The van der Waals surface area contributed by atoms with Gasteiger partial charge in [-0.1, -0.05) is 18.2 Å². The average molecular weight is 299 g/mol. The maximum atomic E-state index is 11.9. The molecule has 1 aliphatic carbocycles. The molecular weight excluding hydrogens is 282 g/mol. The number of aliphatic carboxylic acids is 1. The number of carbonyl (C=O) groups is 2. The van der Waals surface area contributed by atoms with Crippen molar-refractivity contribution >= 4 is 11.9 Å². The van der Waals surface area contributed by atoms with Crippen LogP contribution in [0.4, 0.5) is 0 Å². The van der Waals surface area contributed by atoms with Gasteiger partial charge < -0.3 is 10.4 Å². The molecule has 1 heterocycles. The van der Waals surface area contributed by atoms with Gasteiger partial charge in [0.25, 0.3) is 0 Å². The van der Waals surface area contributed by atoms with Gasteiger partial charge in [0.15, 0.2) is 0 Å². The monoisotopic (exact) mass is 299 g/mol. The summed E-state index contributed by atoms with van der Waals surface area (Å²) in [6.45, 7) is 0. The highest BCUT2D eigenvalue weighted by molar-refractivity contribution is 5.79. The van der Waals surface area contributed by atoms with Crippen molar-refractivity contribution in [2.45, 2.75) is 25.3 Å². The summed E-state index contributed by atoms with van der Waals surface area (Å²) in [5.41, 5.74) is 1.77. The van der Waals surface area contributed by atoms with Crippen LogP contribution in [0.1, 0.15) is 18.4 Å². The van der Waals surface area contributed by atoms with Crippen LogP contribution >= 0.6 is 0 Å². The lowest BCUT2D eigenvalue weighted by atomic mass is 9.80. The number of rotatable bonds is 5.